The van der Waals surface area contributed by atoms with Crippen LogP contribution >= 0.6 is 0 Å². The molecule has 0 aliphatic carbocycles. The Hall–Kier alpha value is -3.49. The number of benzene rings is 1. The first kappa shape index (κ1) is 28.7. The lowest BCUT2D eigenvalue weighted by Crippen LogP contribution is -2.42. The number of nitrogens with zero attached hydrogens (tertiary/aromatic N) is 1. The van der Waals surface area contributed by atoms with Crippen LogP contribution in [-0.2, 0) is 25.5 Å². The number of hydrogen-bond acceptors (Lipinski definition) is 8. The molecule has 0 aliphatic heterocycles. The van der Waals surface area contributed by atoms with Gasteiger partial charge in [-0.05, 0) is 64.3 Å². The predicted molar refractivity (Wildman–Crippen MR) is 133 cm³/mol. The van der Waals surface area contributed by atoms with Crippen LogP contribution in [0.15, 0.2) is 28.7 Å². The quantitative estimate of drug-likeness (QED) is 0.374. The molecule has 0 saturated heterocycles. The lowest BCUT2D eigenvalue weighted by Gasteiger charge is -2.28. The van der Waals surface area contributed by atoms with E-state index in [4.69, 9.17) is 23.4 Å². The van der Waals surface area contributed by atoms with Crippen molar-refractivity contribution in [3.05, 3.63) is 46.9 Å². The van der Waals surface area contributed by atoms with Gasteiger partial charge in [0.25, 0.3) is 5.91 Å². The third-order valence-corrected chi connectivity index (χ3v) is 6.00. The molecule has 0 radical (unpaired) electrons. The standard InChI is InChI=1S/C27H37NO8/c1-18-11-12-22(35-18)10-8-14-28(15-9-13-27(4,26(31)34-7)36-20(3)29)25(30)21-16-23(32-5)19(2)24(17-21)33-6/h11-12,16-17H,8-10,13-15H2,1-7H3. The monoisotopic (exact) mass is 503 g/mol. The molecule has 1 atom stereocenters. The highest BCUT2D eigenvalue weighted by Crippen LogP contribution is 2.30. The minimum absolute atomic E-state index is 0.195. The molecule has 1 aromatic carbocycles. The number of hydrogen-bond donors (Lipinski definition) is 0. The van der Waals surface area contributed by atoms with Crippen LogP contribution in [0.5, 0.6) is 11.5 Å². The van der Waals surface area contributed by atoms with Crippen LogP contribution in [-0.4, -0.2) is 62.8 Å². The number of carbonyl (C=O) groups is 3. The fourth-order valence-corrected chi connectivity index (χ4v) is 4.11. The summed E-state index contributed by atoms with van der Waals surface area (Å²) in [6.07, 6.45) is 1.95. The maximum atomic E-state index is 13.6. The van der Waals surface area contributed by atoms with Crippen molar-refractivity contribution in [2.75, 3.05) is 34.4 Å². The van der Waals surface area contributed by atoms with Gasteiger partial charge in [0, 0.05) is 37.6 Å². The lowest BCUT2D eigenvalue weighted by atomic mass is 9.99. The summed E-state index contributed by atoms with van der Waals surface area (Å²) in [5.74, 6) is 1.37. The second-order valence-electron chi connectivity index (χ2n) is 8.83. The summed E-state index contributed by atoms with van der Waals surface area (Å²) in [7, 11) is 4.33. The summed E-state index contributed by atoms with van der Waals surface area (Å²) in [5, 5.41) is 0. The normalized spacial score (nSPS) is 12.4. The summed E-state index contributed by atoms with van der Waals surface area (Å²) in [6, 6.07) is 7.23. The van der Waals surface area contributed by atoms with Crippen molar-refractivity contribution in [1.82, 2.24) is 4.90 Å². The fourth-order valence-electron chi connectivity index (χ4n) is 4.11. The third kappa shape index (κ3) is 7.50. The van der Waals surface area contributed by atoms with Crippen LogP contribution < -0.4 is 9.47 Å². The Kier molecular flexibility index (Phi) is 10.4. The van der Waals surface area contributed by atoms with Gasteiger partial charge < -0.3 is 28.3 Å². The average Bonchev–Trinajstić information content (AvgIpc) is 3.26. The second kappa shape index (κ2) is 13.0. The predicted octanol–water partition coefficient (Wildman–Crippen LogP) is 4.26. The molecule has 2 aromatic rings. The number of furan rings is 1. The minimum atomic E-state index is -1.43. The largest absolute Gasteiger partial charge is 0.496 e. The Bertz CT molecular complexity index is 1030. The molecule has 0 N–H and O–H groups in total. The fraction of sp³-hybridized carbons (Fsp3) is 0.519. The molecule has 198 valence electrons. The summed E-state index contributed by atoms with van der Waals surface area (Å²) in [5.41, 5.74) is -0.206. The number of esters is 2. The maximum Gasteiger partial charge on any atom is 0.350 e. The van der Waals surface area contributed by atoms with Crippen LogP contribution in [0.4, 0.5) is 0 Å². The van der Waals surface area contributed by atoms with E-state index in [2.05, 4.69) is 0 Å². The van der Waals surface area contributed by atoms with Gasteiger partial charge in [-0.2, -0.15) is 0 Å². The highest BCUT2D eigenvalue weighted by Gasteiger charge is 2.37. The molecule has 2 rings (SSSR count). The molecule has 1 unspecified atom stereocenters. The van der Waals surface area contributed by atoms with Crippen molar-refractivity contribution in [3.8, 4) is 11.5 Å². The minimum Gasteiger partial charge on any atom is -0.496 e. The zero-order valence-electron chi connectivity index (χ0n) is 22.3. The van der Waals surface area contributed by atoms with E-state index >= 15 is 0 Å². The summed E-state index contributed by atoms with van der Waals surface area (Å²) in [6.45, 7) is 7.30. The van der Waals surface area contributed by atoms with Crippen molar-refractivity contribution < 1.29 is 37.7 Å². The number of methoxy groups -OCH3 is 3. The summed E-state index contributed by atoms with van der Waals surface area (Å²) < 4.78 is 26.6. The van der Waals surface area contributed by atoms with Crippen LogP contribution in [0.2, 0.25) is 0 Å². The Morgan fingerprint density at radius 2 is 1.58 bits per heavy atom. The van der Waals surface area contributed by atoms with E-state index in [1.54, 1.807) is 31.3 Å². The molecule has 36 heavy (non-hydrogen) atoms. The molecule has 1 aromatic heterocycles. The number of aryl methyl sites for hydroxylation is 2. The van der Waals surface area contributed by atoms with Crippen molar-refractivity contribution in [1.29, 1.82) is 0 Å². The van der Waals surface area contributed by atoms with Crippen LogP contribution in [0.3, 0.4) is 0 Å². The molecule has 0 bridgehead atoms. The summed E-state index contributed by atoms with van der Waals surface area (Å²) >= 11 is 0. The molecule has 0 saturated carbocycles. The van der Waals surface area contributed by atoms with Crippen LogP contribution in [0, 0.1) is 13.8 Å². The van der Waals surface area contributed by atoms with E-state index in [0.717, 1.165) is 17.1 Å². The van der Waals surface area contributed by atoms with E-state index in [1.807, 2.05) is 26.0 Å². The number of amides is 1. The highest BCUT2D eigenvalue weighted by atomic mass is 16.6. The first-order valence-electron chi connectivity index (χ1n) is 11.9. The van der Waals surface area contributed by atoms with Gasteiger partial charge in [0.2, 0.25) is 5.60 Å². The molecule has 9 heteroatoms. The van der Waals surface area contributed by atoms with E-state index in [9.17, 15) is 14.4 Å². The smallest absolute Gasteiger partial charge is 0.350 e. The van der Waals surface area contributed by atoms with Crippen molar-refractivity contribution in [2.45, 2.75) is 59.0 Å². The van der Waals surface area contributed by atoms with Crippen molar-refractivity contribution >= 4 is 17.8 Å². The first-order valence-corrected chi connectivity index (χ1v) is 11.9. The number of carbonyl (C=O) groups excluding carboxylic acids is 3. The molecule has 1 heterocycles. The Morgan fingerprint density at radius 1 is 0.972 bits per heavy atom. The molecule has 1 amide bonds. The molecule has 0 aliphatic rings. The second-order valence-corrected chi connectivity index (χ2v) is 8.83. The van der Waals surface area contributed by atoms with Crippen LogP contribution in [0.1, 0.15) is 60.6 Å². The van der Waals surface area contributed by atoms with Gasteiger partial charge in [0.05, 0.1) is 21.3 Å². The zero-order chi connectivity index (χ0) is 26.9. The maximum absolute atomic E-state index is 13.6. The topological polar surface area (TPSA) is 105 Å². The van der Waals surface area contributed by atoms with Gasteiger partial charge >= 0.3 is 11.9 Å². The van der Waals surface area contributed by atoms with Gasteiger partial charge in [0.15, 0.2) is 0 Å². The van der Waals surface area contributed by atoms with E-state index in [1.165, 1.54) is 21.0 Å². The van der Waals surface area contributed by atoms with Gasteiger partial charge in [-0.1, -0.05) is 0 Å². The number of ether oxygens (including phenoxy) is 4. The highest BCUT2D eigenvalue weighted by molar-refractivity contribution is 5.95. The summed E-state index contributed by atoms with van der Waals surface area (Å²) in [4.78, 5) is 39.1. The molecule has 9 nitrogen and oxygen atoms in total. The third-order valence-electron chi connectivity index (χ3n) is 6.00. The Morgan fingerprint density at radius 3 is 2.08 bits per heavy atom. The molecular formula is C27H37NO8. The SMILES string of the molecule is COC(=O)C(C)(CCCN(CCCc1ccc(C)o1)C(=O)c1cc(OC)c(C)c(OC)c1)OC(C)=O. The van der Waals surface area contributed by atoms with Gasteiger partial charge in [-0.3, -0.25) is 9.59 Å². The number of rotatable bonds is 13. The lowest BCUT2D eigenvalue weighted by molar-refractivity contribution is -0.178. The van der Waals surface area contributed by atoms with Gasteiger partial charge in [0.1, 0.15) is 23.0 Å². The van der Waals surface area contributed by atoms with Gasteiger partial charge in [-0.25, -0.2) is 4.79 Å². The van der Waals surface area contributed by atoms with Gasteiger partial charge in [-0.15, -0.1) is 0 Å². The van der Waals surface area contributed by atoms with Crippen LogP contribution in [0.25, 0.3) is 0 Å². The average molecular weight is 504 g/mol. The molecule has 0 fully saturated rings. The Balaban J connectivity index is 2.22. The Labute approximate surface area is 212 Å². The van der Waals surface area contributed by atoms with Crippen molar-refractivity contribution in [2.24, 2.45) is 0 Å². The van der Waals surface area contributed by atoms with E-state index < -0.39 is 17.5 Å². The first-order chi connectivity index (χ1) is 17.0. The molecular weight excluding hydrogens is 466 g/mol. The zero-order valence-corrected chi connectivity index (χ0v) is 22.3. The van der Waals surface area contributed by atoms with E-state index in [0.29, 0.717) is 49.4 Å². The van der Waals surface area contributed by atoms with E-state index in [-0.39, 0.29) is 12.3 Å². The molecule has 0 spiro atoms. The van der Waals surface area contributed by atoms with Crippen molar-refractivity contribution in [3.63, 3.8) is 0 Å².